The number of nitrogens with zero attached hydrogens (tertiary/aromatic N) is 2. The number of fused-ring (bicyclic) bond motifs is 1. The minimum atomic E-state index is 0.389. The fraction of sp³-hybridized carbons (Fsp3) is 0.462. The number of ether oxygens (including phenoxy) is 1. The van der Waals surface area contributed by atoms with Gasteiger partial charge in [-0.2, -0.15) is 0 Å². The van der Waals surface area contributed by atoms with E-state index in [-0.39, 0.29) is 0 Å². The summed E-state index contributed by atoms with van der Waals surface area (Å²) in [7, 11) is 0. The van der Waals surface area contributed by atoms with Crippen LogP contribution in [0.5, 0.6) is 0 Å². The molecule has 1 aromatic heterocycles. The van der Waals surface area contributed by atoms with Gasteiger partial charge in [0.25, 0.3) is 0 Å². The number of alkyl halides is 1. The van der Waals surface area contributed by atoms with Gasteiger partial charge in [0.1, 0.15) is 5.82 Å². The van der Waals surface area contributed by atoms with Crippen LogP contribution in [0.4, 0.5) is 0 Å². The lowest BCUT2D eigenvalue weighted by atomic mass is 10.3. The van der Waals surface area contributed by atoms with E-state index in [0.29, 0.717) is 10.9 Å². The maximum atomic E-state index is 6.24. The fourth-order valence-electron chi connectivity index (χ4n) is 2.00. The molecule has 0 N–H and O–H groups in total. The van der Waals surface area contributed by atoms with Crippen LogP contribution in [0.25, 0.3) is 11.0 Å². The van der Waals surface area contributed by atoms with Crippen molar-refractivity contribution in [2.45, 2.75) is 25.8 Å². The molecule has 1 aromatic carbocycles. The Hall–Kier alpha value is -0.770. The quantitative estimate of drug-likeness (QED) is 0.596. The second-order valence-corrected chi connectivity index (χ2v) is 4.65. The van der Waals surface area contributed by atoms with Gasteiger partial charge in [-0.3, -0.25) is 0 Å². The van der Waals surface area contributed by atoms with E-state index >= 15 is 0 Å². The molecule has 5 heteroatoms. The number of benzene rings is 1. The third kappa shape index (κ3) is 2.79. The van der Waals surface area contributed by atoms with Gasteiger partial charge in [0.15, 0.2) is 0 Å². The monoisotopic (exact) mass is 286 g/mol. The summed E-state index contributed by atoms with van der Waals surface area (Å²) in [5, 5.41) is 0.716. The van der Waals surface area contributed by atoms with Gasteiger partial charge in [-0.05, 0) is 25.5 Å². The van der Waals surface area contributed by atoms with Gasteiger partial charge in [-0.15, -0.1) is 11.6 Å². The van der Waals surface area contributed by atoms with Crippen LogP contribution >= 0.6 is 23.2 Å². The van der Waals surface area contributed by atoms with Crippen molar-refractivity contribution in [2.75, 3.05) is 13.2 Å². The zero-order valence-corrected chi connectivity index (χ0v) is 11.8. The third-order valence-electron chi connectivity index (χ3n) is 2.79. The molecule has 0 radical (unpaired) electrons. The van der Waals surface area contributed by atoms with Crippen LogP contribution < -0.4 is 0 Å². The summed E-state index contributed by atoms with van der Waals surface area (Å²) >= 11 is 12.2. The van der Waals surface area contributed by atoms with Crippen molar-refractivity contribution in [1.29, 1.82) is 0 Å². The molecule has 0 aliphatic heterocycles. The molecule has 98 valence electrons. The molecule has 0 saturated carbocycles. The third-order valence-corrected chi connectivity index (χ3v) is 3.33. The molecular formula is C13H16Cl2N2O. The highest BCUT2D eigenvalue weighted by Gasteiger charge is 2.12. The summed E-state index contributed by atoms with van der Waals surface area (Å²) in [6.45, 7) is 4.30. The number of hydrogen-bond donors (Lipinski definition) is 0. The Labute approximate surface area is 117 Å². The number of aromatic nitrogens is 2. The van der Waals surface area contributed by atoms with Crippen molar-refractivity contribution in [2.24, 2.45) is 0 Å². The van der Waals surface area contributed by atoms with Crippen molar-refractivity contribution < 1.29 is 4.74 Å². The standard InChI is InChI=1S/C13H16Cl2N2O/c1-2-18-8-4-7-17-12(9-14)16-11-6-3-5-10(15)13(11)17/h3,5-6H,2,4,7-9H2,1H3. The van der Waals surface area contributed by atoms with E-state index in [4.69, 9.17) is 27.9 Å². The van der Waals surface area contributed by atoms with Crippen molar-refractivity contribution in [3.63, 3.8) is 0 Å². The Morgan fingerprint density at radius 2 is 2.22 bits per heavy atom. The number of imidazole rings is 1. The number of aryl methyl sites for hydroxylation is 1. The topological polar surface area (TPSA) is 27.1 Å². The first-order chi connectivity index (χ1) is 8.77. The molecule has 2 rings (SSSR count). The SMILES string of the molecule is CCOCCCn1c(CCl)nc2cccc(Cl)c21. The fourth-order valence-corrected chi connectivity index (χ4v) is 2.48. The molecule has 0 unspecified atom stereocenters. The molecular weight excluding hydrogens is 271 g/mol. The second kappa shape index (κ2) is 6.41. The lowest BCUT2D eigenvalue weighted by molar-refractivity contribution is 0.142. The minimum absolute atomic E-state index is 0.389. The number of rotatable bonds is 6. The normalized spacial score (nSPS) is 11.3. The maximum absolute atomic E-state index is 6.24. The summed E-state index contributed by atoms with van der Waals surface area (Å²) in [5.74, 6) is 1.25. The summed E-state index contributed by atoms with van der Waals surface area (Å²) in [4.78, 5) is 4.50. The summed E-state index contributed by atoms with van der Waals surface area (Å²) in [6, 6.07) is 5.74. The predicted molar refractivity (Wildman–Crippen MR) is 75.4 cm³/mol. The van der Waals surface area contributed by atoms with Crippen molar-refractivity contribution in [3.8, 4) is 0 Å². The van der Waals surface area contributed by atoms with Crippen LogP contribution in [0.15, 0.2) is 18.2 Å². The molecule has 0 amide bonds. The Kier molecular flexibility index (Phi) is 4.87. The van der Waals surface area contributed by atoms with E-state index in [0.717, 1.165) is 43.0 Å². The first kappa shape index (κ1) is 13.7. The largest absolute Gasteiger partial charge is 0.382 e. The van der Waals surface area contributed by atoms with Gasteiger partial charge in [0.2, 0.25) is 0 Å². The van der Waals surface area contributed by atoms with Crippen LogP contribution in [-0.4, -0.2) is 22.8 Å². The van der Waals surface area contributed by atoms with Crippen LogP contribution in [0.1, 0.15) is 19.2 Å². The van der Waals surface area contributed by atoms with E-state index in [1.807, 2.05) is 25.1 Å². The predicted octanol–water partition coefficient (Wildman–Crippen LogP) is 3.86. The van der Waals surface area contributed by atoms with E-state index in [2.05, 4.69) is 9.55 Å². The molecule has 18 heavy (non-hydrogen) atoms. The molecule has 0 atom stereocenters. The number of hydrogen-bond acceptors (Lipinski definition) is 2. The smallest absolute Gasteiger partial charge is 0.124 e. The molecule has 0 saturated heterocycles. The van der Waals surface area contributed by atoms with Crippen LogP contribution in [-0.2, 0) is 17.2 Å². The highest BCUT2D eigenvalue weighted by atomic mass is 35.5. The van der Waals surface area contributed by atoms with E-state index < -0.39 is 0 Å². The van der Waals surface area contributed by atoms with Gasteiger partial charge in [0, 0.05) is 19.8 Å². The average Bonchev–Trinajstić information content (AvgIpc) is 2.74. The van der Waals surface area contributed by atoms with Crippen LogP contribution in [0, 0.1) is 0 Å². The number of halogens is 2. The first-order valence-electron chi connectivity index (χ1n) is 6.05. The molecule has 0 aliphatic rings. The first-order valence-corrected chi connectivity index (χ1v) is 6.96. The van der Waals surface area contributed by atoms with Crippen LogP contribution in [0.3, 0.4) is 0 Å². The van der Waals surface area contributed by atoms with Crippen molar-refractivity contribution in [3.05, 3.63) is 29.0 Å². The Bertz CT molecular complexity index is 525. The Morgan fingerprint density at radius 3 is 2.94 bits per heavy atom. The Morgan fingerprint density at radius 1 is 1.39 bits per heavy atom. The molecule has 0 aliphatic carbocycles. The summed E-state index contributed by atoms with van der Waals surface area (Å²) in [5.41, 5.74) is 1.86. The molecule has 0 fully saturated rings. The van der Waals surface area contributed by atoms with Crippen molar-refractivity contribution in [1.82, 2.24) is 9.55 Å². The summed E-state index contributed by atoms with van der Waals surface area (Å²) < 4.78 is 7.43. The van der Waals surface area contributed by atoms with Crippen molar-refractivity contribution >= 4 is 34.2 Å². The van der Waals surface area contributed by atoms with Gasteiger partial charge in [-0.1, -0.05) is 17.7 Å². The van der Waals surface area contributed by atoms with Gasteiger partial charge < -0.3 is 9.30 Å². The van der Waals surface area contributed by atoms with E-state index in [9.17, 15) is 0 Å². The Balaban J connectivity index is 2.28. The second-order valence-electron chi connectivity index (χ2n) is 3.97. The molecule has 2 aromatic rings. The maximum Gasteiger partial charge on any atom is 0.124 e. The minimum Gasteiger partial charge on any atom is -0.382 e. The van der Waals surface area contributed by atoms with E-state index in [1.165, 1.54) is 0 Å². The van der Waals surface area contributed by atoms with Gasteiger partial charge in [0.05, 0.1) is 21.9 Å². The average molecular weight is 287 g/mol. The zero-order chi connectivity index (χ0) is 13.0. The molecule has 0 bridgehead atoms. The molecule has 1 heterocycles. The van der Waals surface area contributed by atoms with Crippen LogP contribution in [0.2, 0.25) is 5.02 Å². The highest BCUT2D eigenvalue weighted by molar-refractivity contribution is 6.35. The van der Waals surface area contributed by atoms with E-state index in [1.54, 1.807) is 0 Å². The summed E-state index contributed by atoms with van der Waals surface area (Å²) in [6.07, 6.45) is 0.925. The molecule has 0 spiro atoms. The van der Waals surface area contributed by atoms with Gasteiger partial charge >= 0.3 is 0 Å². The zero-order valence-electron chi connectivity index (χ0n) is 10.3. The highest BCUT2D eigenvalue weighted by Crippen LogP contribution is 2.25. The molecule has 3 nitrogen and oxygen atoms in total. The number of para-hydroxylation sites is 1. The lowest BCUT2D eigenvalue weighted by Gasteiger charge is -2.08. The van der Waals surface area contributed by atoms with Gasteiger partial charge in [-0.25, -0.2) is 4.98 Å². The lowest BCUT2D eigenvalue weighted by Crippen LogP contribution is -2.06.